The van der Waals surface area contributed by atoms with Crippen LogP contribution in [0.3, 0.4) is 0 Å². The van der Waals surface area contributed by atoms with Crippen molar-refractivity contribution >= 4 is 5.91 Å². The minimum Gasteiger partial charge on any atom is -0.386 e. The molecule has 0 bridgehead atoms. The number of amides is 1. The van der Waals surface area contributed by atoms with E-state index in [1.807, 2.05) is 0 Å². The second-order valence-electron chi connectivity index (χ2n) is 5.61. The van der Waals surface area contributed by atoms with Crippen LogP contribution >= 0.6 is 0 Å². The molecule has 2 heterocycles. The number of halogens is 1. The zero-order valence-electron chi connectivity index (χ0n) is 13.5. The Labute approximate surface area is 144 Å². The van der Waals surface area contributed by atoms with E-state index < -0.39 is 18.1 Å². The number of hydrogen-bond donors (Lipinski definition) is 2. The fourth-order valence-corrected chi connectivity index (χ4v) is 2.42. The number of benzene rings is 1. The van der Waals surface area contributed by atoms with Gasteiger partial charge in [0, 0.05) is 18.6 Å². The van der Waals surface area contributed by atoms with Gasteiger partial charge in [0.1, 0.15) is 11.5 Å². The first kappa shape index (κ1) is 16.8. The standard InChI is InChI=1S/C18H17FN4O2/c1-12(17(24)13-3-5-14(19)6-4-13)22-18(25)16-11-15(7-9-20-16)23-10-2-8-21-23/h2-12,17,24H,1H3,(H,22,25). The third kappa shape index (κ3) is 3.89. The molecule has 0 aliphatic rings. The smallest absolute Gasteiger partial charge is 0.270 e. The number of hydrogen-bond acceptors (Lipinski definition) is 4. The Balaban J connectivity index is 1.71. The van der Waals surface area contributed by atoms with Crippen molar-refractivity contribution in [2.45, 2.75) is 19.1 Å². The number of aliphatic hydroxyl groups excluding tert-OH is 1. The van der Waals surface area contributed by atoms with Gasteiger partial charge in [-0.3, -0.25) is 9.78 Å². The van der Waals surface area contributed by atoms with Gasteiger partial charge < -0.3 is 10.4 Å². The van der Waals surface area contributed by atoms with Crippen molar-refractivity contribution in [1.82, 2.24) is 20.1 Å². The van der Waals surface area contributed by atoms with Gasteiger partial charge in [-0.05, 0) is 42.8 Å². The average Bonchev–Trinajstić information content (AvgIpc) is 3.16. The van der Waals surface area contributed by atoms with E-state index in [4.69, 9.17) is 0 Å². The maximum atomic E-state index is 13.0. The highest BCUT2D eigenvalue weighted by atomic mass is 19.1. The highest BCUT2D eigenvalue weighted by Crippen LogP contribution is 2.17. The molecule has 1 amide bonds. The summed E-state index contributed by atoms with van der Waals surface area (Å²) in [7, 11) is 0. The lowest BCUT2D eigenvalue weighted by Gasteiger charge is -2.20. The molecule has 2 N–H and O–H groups in total. The lowest BCUT2D eigenvalue weighted by molar-refractivity contribution is 0.0847. The number of aliphatic hydroxyl groups is 1. The number of rotatable bonds is 5. The maximum Gasteiger partial charge on any atom is 0.270 e. The third-order valence-corrected chi connectivity index (χ3v) is 3.79. The van der Waals surface area contributed by atoms with Crippen LogP contribution in [0.15, 0.2) is 61.1 Å². The predicted molar refractivity (Wildman–Crippen MR) is 89.6 cm³/mol. The van der Waals surface area contributed by atoms with Crippen molar-refractivity contribution in [3.05, 3.63) is 78.1 Å². The van der Waals surface area contributed by atoms with Gasteiger partial charge in [-0.1, -0.05) is 12.1 Å². The van der Waals surface area contributed by atoms with E-state index >= 15 is 0 Å². The zero-order valence-corrected chi connectivity index (χ0v) is 13.5. The molecule has 2 unspecified atom stereocenters. The second kappa shape index (κ2) is 7.23. The van der Waals surface area contributed by atoms with Gasteiger partial charge in [0.05, 0.1) is 17.8 Å². The molecule has 0 spiro atoms. The summed E-state index contributed by atoms with van der Waals surface area (Å²) in [5.74, 6) is -0.796. The molecule has 0 aliphatic carbocycles. The number of nitrogens with one attached hydrogen (secondary N) is 1. The van der Waals surface area contributed by atoms with Crippen molar-refractivity contribution in [2.75, 3.05) is 0 Å². The first-order chi connectivity index (χ1) is 12.0. The van der Waals surface area contributed by atoms with Gasteiger partial charge in [0.15, 0.2) is 0 Å². The summed E-state index contributed by atoms with van der Waals surface area (Å²) >= 11 is 0. The maximum absolute atomic E-state index is 13.0. The van der Waals surface area contributed by atoms with Gasteiger partial charge in [-0.2, -0.15) is 5.10 Å². The van der Waals surface area contributed by atoms with E-state index in [-0.39, 0.29) is 11.5 Å². The van der Waals surface area contributed by atoms with Crippen LogP contribution in [0.2, 0.25) is 0 Å². The summed E-state index contributed by atoms with van der Waals surface area (Å²) in [5, 5.41) is 17.1. The fraction of sp³-hybridized carbons (Fsp3) is 0.167. The van der Waals surface area contributed by atoms with E-state index in [1.54, 1.807) is 42.2 Å². The van der Waals surface area contributed by atoms with Crippen molar-refractivity contribution < 1.29 is 14.3 Å². The highest BCUT2D eigenvalue weighted by Gasteiger charge is 2.20. The largest absolute Gasteiger partial charge is 0.386 e. The number of nitrogens with zero attached hydrogens (tertiary/aromatic N) is 3. The fourth-order valence-electron chi connectivity index (χ4n) is 2.42. The van der Waals surface area contributed by atoms with Crippen LogP contribution in [0.1, 0.15) is 29.1 Å². The topological polar surface area (TPSA) is 80.0 Å². The molecule has 2 atom stereocenters. The van der Waals surface area contributed by atoms with Crippen LogP contribution in [-0.4, -0.2) is 31.8 Å². The first-order valence-corrected chi connectivity index (χ1v) is 7.75. The summed E-state index contributed by atoms with van der Waals surface area (Å²) in [6.45, 7) is 1.67. The molecule has 7 heteroatoms. The average molecular weight is 340 g/mol. The van der Waals surface area contributed by atoms with Crippen molar-refractivity contribution in [2.24, 2.45) is 0 Å². The predicted octanol–water partition coefficient (Wildman–Crippen LogP) is 2.26. The molecular weight excluding hydrogens is 323 g/mol. The Morgan fingerprint density at radius 2 is 2.00 bits per heavy atom. The van der Waals surface area contributed by atoms with Gasteiger partial charge in [0.25, 0.3) is 5.91 Å². The summed E-state index contributed by atoms with van der Waals surface area (Å²) < 4.78 is 14.6. The SMILES string of the molecule is CC(NC(=O)c1cc(-n2cccn2)ccn1)C(O)c1ccc(F)cc1. The molecule has 2 aromatic heterocycles. The van der Waals surface area contributed by atoms with Gasteiger partial charge >= 0.3 is 0 Å². The minimum atomic E-state index is -0.959. The highest BCUT2D eigenvalue weighted by molar-refractivity contribution is 5.92. The molecule has 3 aromatic rings. The summed E-state index contributed by atoms with van der Waals surface area (Å²) in [5.41, 5.74) is 1.44. The monoisotopic (exact) mass is 340 g/mol. The lowest BCUT2D eigenvalue weighted by atomic mass is 10.0. The number of carbonyl (C=O) groups excluding carboxylic acids is 1. The van der Waals surface area contributed by atoms with Crippen LogP contribution < -0.4 is 5.32 Å². The molecule has 1 aromatic carbocycles. The van der Waals surface area contributed by atoms with Gasteiger partial charge in [-0.25, -0.2) is 9.07 Å². The molecule has 0 saturated carbocycles. The zero-order chi connectivity index (χ0) is 17.8. The molecule has 0 fully saturated rings. The van der Waals surface area contributed by atoms with E-state index in [0.29, 0.717) is 11.3 Å². The van der Waals surface area contributed by atoms with Crippen molar-refractivity contribution in [3.8, 4) is 5.69 Å². The van der Waals surface area contributed by atoms with Gasteiger partial charge in [-0.15, -0.1) is 0 Å². The quantitative estimate of drug-likeness (QED) is 0.747. The van der Waals surface area contributed by atoms with Crippen LogP contribution in [-0.2, 0) is 0 Å². The third-order valence-electron chi connectivity index (χ3n) is 3.79. The Hall–Kier alpha value is -3.06. The normalized spacial score (nSPS) is 13.2. The van der Waals surface area contributed by atoms with Crippen molar-refractivity contribution in [1.29, 1.82) is 0 Å². The molecular formula is C18H17FN4O2. The molecule has 3 rings (SSSR count). The minimum absolute atomic E-state index is 0.214. The van der Waals surface area contributed by atoms with Crippen LogP contribution in [0.5, 0.6) is 0 Å². The molecule has 0 saturated heterocycles. The van der Waals surface area contributed by atoms with Crippen LogP contribution in [0.25, 0.3) is 5.69 Å². The first-order valence-electron chi connectivity index (χ1n) is 7.75. The molecule has 0 radical (unpaired) electrons. The van der Waals surface area contributed by atoms with Crippen LogP contribution in [0.4, 0.5) is 4.39 Å². The van der Waals surface area contributed by atoms with E-state index in [1.165, 1.54) is 30.5 Å². The molecule has 0 aliphatic heterocycles. The molecule has 25 heavy (non-hydrogen) atoms. The number of carbonyl (C=O) groups is 1. The van der Waals surface area contributed by atoms with E-state index in [2.05, 4.69) is 15.4 Å². The summed E-state index contributed by atoms with van der Waals surface area (Å²) in [6.07, 6.45) is 3.96. The Morgan fingerprint density at radius 1 is 1.24 bits per heavy atom. The van der Waals surface area contributed by atoms with Crippen LogP contribution in [0, 0.1) is 5.82 Å². The Kier molecular flexibility index (Phi) is 4.85. The summed E-state index contributed by atoms with van der Waals surface area (Å²) in [4.78, 5) is 16.5. The molecule has 6 nitrogen and oxygen atoms in total. The number of aromatic nitrogens is 3. The van der Waals surface area contributed by atoms with E-state index in [0.717, 1.165) is 0 Å². The Morgan fingerprint density at radius 3 is 2.68 bits per heavy atom. The number of pyridine rings is 1. The van der Waals surface area contributed by atoms with Gasteiger partial charge in [0.2, 0.25) is 0 Å². The van der Waals surface area contributed by atoms with E-state index in [9.17, 15) is 14.3 Å². The van der Waals surface area contributed by atoms with Crippen molar-refractivity contribution in [3.63, 3.8) is 0 Å². The summed E-state index contributed by atoms with van der Waals surface area (Å²) in [6, 6.07) is 10.1. The molecule has 128 valence electrons. The second-order valence-corrected chi connectivity index (χ2v) is 5.61. The lowest BCUT2D eigenvalue weighted by Crippen LogP contribution is -2.37. The Bertz CT molecular complexity index is 850.